The van der Waals surface area contributed by atoms with Crippen LogP contribution < -0.4 is 48.7 Å². The molecule has 0 fully saturated rings. The molecule has 1 aliphatic rings. The van der Waals surface area contributed by atoms with Gasteiger partial charge in [-0.25, -0.2) is 0 Å². The lowest BCUT2D eigenvalue weighted by atomic mass is 10.0. The molecular formula is C51H68N10O10. The van der Waals surface area contributed by atoms with Crippen LogP contribution in [0.2, 0.25) is 0 Å². The van der Waals surface area contributed by atoms with Crippen molar-refractivity contribution < 1.29 is 48.9 Å². The molecule has 20 nitrogen and oxygen atoms in total. The van der Waals surface area contributed by atoms with Crippen LogP contribution in [0.25, 0.3) is 10.9 Å². The Morgan fingerprint density at radius 2 is 1.30 bits per heavy atom. The Labute approximate surface area is 412 Å². The third-order valence-corrected chi connectivity index (χ3v) is 12.2. The molecule has 3 aromatic carbocycles. The summed E-state index contributed by atoms with van der Waals surface area (Å²) in [7, 11) is 0. The van der Waals surface area contributed by atoms with Crippen molar-refractivity contribution in [3.8, 4) is 0 Å². The highest BCUT2D eigenvalue weighted by atomic mass is 16.3. The lowest BCUT2D eigenvalue weighted by Gasteiger charge is -2.29. The molecule has 0 aliphatic carbocycles. The quantitative estimate of drug-likeness (QED) is 0.0455. The first-order valence-corrected chi connectivity index (χ1v) is 23.9. The Kier molecular flexibility index (Phi) is 21.2. The second-order valence-corrected chi connectivity index (χ2v) is 17.8. The third kappa shape index (κ3) is 16.6. The van der Waals surface area contributed by atoms with Crippen molar-refractivity contribution >= 4 is 52.3 Å². The summed E-state index contributed by atoms with van der Waals surface area (Å²) < 4.78 is 0. The number of aliphatic hydroxyl groups excluding tert-OH is 3. The number of nitrogens with one attached hydrogen (secondary N) is 8. The summed E-state index contributed by atoms with van der Waals surface area (Å²) >= 11 is 0. The Bertz CT molecular complexity index is 2430. The van der Waals surface area contributed by atoms with Crippen molar-refractivity contribution in [1.82, 2.24) is 42.2 Å². The zero-order valence-electron chi connectivity index (χ0n) is 40.0. The van der Waals surface area contributed by atoms with Crippen molar-refractivity contribution in [2.45, 2.75) is 126 Å². The number of fused-ring (bicyclic) bond motifs is 1. The minimum atomic E-state index is -1.67. The first-order chi connectivity index (χ1) is 34.1. The average Bonchev–Trinajstić information content (AvgIpc) is 3.76. The molecule has 0 saturated heterocycles. The van der Waals surface area contributed by atoms with Crippen LogP contribution in [0.4, 0.5) is 0 Å². The maximum Gasteiger partial charge on any atom is 0.245 e. The van der Waals surface area contributed by atoms with Gasteiger partial charge in [-0.05, 0) is 81.7 Å². The van der Waals surface area contributed by atoms with Crippen molar-refractivity contribution in [3.05, 3.63) is 120 Å². The SMILES string of the molecule is C[C@@H](O)[C@@H]1NC(=O)[C@H](CCCCN)NC(=O)[C@H](Cc2c[nH]c3ccccc23)NC(=O)[C@H](Cc2ccccc2)NC(=O)C(NC(=O)[C@@H](N)Cc2ccccc2)C/C=C\CC(C(=O)N[C@H](CO)[C@@H](C)O)NC1=O. The summed E-state index contributed by atoms with van der Waals surface area (Å²) in [6, 6.07) is 14.5. The summed E-state index contributed by atoms with van der Waals surface area (Å²) in [6.45, 7) is 2.21. The molecule has 10 atom stereocenters. The van der Waals surface area contributed by atoms with Gasteiger partial charge >= 0.3 is 0 Å². The van der Waals surface area contributed by atoms with Gasteiger partial charge in [0.2, 0.25) is 41.4 Å². The van der Waals surface area contributed by atoms with Gasteiger partial charge in [0, 0.05) is 29.9 Å². The number of hydrogen-bond acceptors (Lipinski definition) is 12. The van der Waals surface area contributed by atoms with Crippen LogP contribution >= 0.6 is 0 Å². The topological polar surface area (TPSA) is 332 Å². The molecule has 0 spiro atoms. The Morgan fingerprint density at radius 3 is 1.94 bits per heavy atom. The maximum absolute atomic E-state index is 14.7. The monoisotopic (exact) mass is 981 g/mol. The van der Waals surface area contributed by atoms with Gasteiger partial charge < -0.3 is 69.0 Å². The standard InChI is InChI=1S/C51H68N10O10/c1-30(63)43(29-62)60-47(67)39-22-12-11-21-38(55-45(65)36(53)25-32-15-5-3-6-16-32)46(66)58-41(26-33-17-7-4-8-18-33)49(69)59-42(27-34-28-54-37-20-10-9-19-35(34)37)50(70)56-40(23-13-14-24-52)48(68)61-44(31(2)64)51(71)57-39/h3-12,15-20,28,30-31,36,38-44,54,62-64H,13-14,21-27,29,52-53H2,1-2H3,(H,55,65)(H,56,70)(H,57,71)(H,58,66)(H,59,69)(H,60,67)(H,61,68)/b12-11-/t30-,31-,36+,38?,39?,40+,41+,42+,43-,44+/m1/s1. The first-order valence-electron chi connectivity index (χ1n) is 23.9. The number of H-pyrrole nitrogens is 1. The minimum Gasteiger partial charge on any atom is -0.394 e. The van der Waals surface area contributed by atoms with E-state index in [1.54, 1.807) is 60.8 Å². The molecule has 2 heterocycles. The molecular weight excluding hydrogens is 913 g/mol. The number of unbranched alkanes of at least 4 members (excludes halogenated alkanes) is 1. The molecule has 20 heteroatoms. The van der Waals surface area contributed by atoms with Crippen LogP contribution in [-0.2, 0) is 52.8 Å². The smallest absolute Gasteiger partial charge is 0.245 e. The van der Waals surface area contributed by atoms with E-state index in [1.807, 2.05) is 30.3 Å². The van der Waals surface area contributed by atoms with Gasteiger partial charge in [0.05, 0.1) is 30.9 Å². The summed E-state index contributed by atoms with van der Waals surface area (Å²) in [5.41, 5.74) is 15.0. The lowest BCUT2D eigenvalue weighted by molar-refractivity contribution is -0.137. The third-order valence-electron chi connectivity index (χ3n) is 12.2. The number of carbonyl (C=O) groups excluding carboxylic acids is 7. The van der Waals surface area contributed by atoms with Crippen LogP contribution in [-0.4, -0.2) is 135 Å². The van der Waals surface area contributed by atoms with Crippen molar-refractivity contribution in [1.29, 1.82) is 0 Å². The van der Waals surface area contributed by atoms with E-state index in [0.717, 1.165) is 16.5 Å². The summed E-state index contributed by atoms with van der Waals surface area (Å²) in [5.74, 6) is -5.72. The molecule has 4 aromatic rings. The highest BCUT2D eigenvalue weighted by Crippen LogP contribution is 2.20. The minimum absolute atomic E-state index is 0.0309. The summed E-state index contributed by atoms with van der Waals surface area (Å²) in [4.78, 5) is 103. The van der Waals surface area contributed by atoms with Gasteiger partial charge in [-0.1, -0.05) is 91.0 Å². The van der Waals surface area contributed by atoms with Crippen LogP contribution in [0.1, 0.15) is 62.6 Å². The number of nitrogens with two attached hydrogens (primary N) is 2. The van der Waals surface area contributed by atoms with E-state index in [2.05, 4.69) is 42.2 Å². The predicted molar refractivity (Wildman–Crippen MR) is 266 cm³/mol. The van der Waals surface area contributed by atoms with Gasteiger partial charge in [-0.2, -0.15) is 0 Å². The summed E-state index contributed by atoms with van der Waals surface area (Å²) in [5, 5.41) is 50.4. The Balaban J connectivity index is 1.59. The fraction of sp³-hybridized carbons (Fsp3) is 0.431. The number of aromatic amines is 1. The largest absolute Gasteiger partial charge is 0.394 e. The molecule has 1 aromatic heterocycles. The van der Waals surface area contributed by atoms with Gasteiger partial charge in [-0.15, -0.1) is 0 Å². The normalized spacial score (nSPS) is 23.1. The van der Waals surface area contributed by atoms with E-state index in [-0.39, 0.29) is 45.1 Å². The van der Waals surface area contributed by atoms with Crippen LogP contribution in [0.3, 0.4) is 0 Å². The van der Waals surface area contributed by atoms with Crippen LogP contribution in [0, 0.1) is 0 Å². The zero-order valence-corrected chi connectivity index (χ0v) is 40.0. The van der Waals surface area contributed by atoms with E-state index in [4.69, 9.17) is 11.5 Å². The number of carbonyl (C=O) groups is 7. The Morgan fingerprint density at radius 1 is 0.704 bits per heavy atom. The number of para-hydroxylation sites is 1. The van der Waals surface area contributed by atoms with Gasteiger partial charge in [-0.3, -0.25) is 33.6 Å². The predicted octanol–water partition coefficient (Wildman–Crippen LogP) is -0.850. The molecule has 0 bridgehead atoms. The fourth-order valence-corrected chi connectivity index (χ4v) is 8.06. The zero-order chi connectivity index (χ0) is 51.5. The molecule has 0 saturated carbocycles. The molecule has 382 valence electrons. The van der Waals surface area contributed by atoms with E-state index >= 15 is 0 Å². The van der Waals surface area contributed by atoms with Gasteiger partial charge in [0.15, 0.2) is 0 Å². The highest BCUT2D eigenvalue weighted by molar-refractivity contribution is 5.98. The molecule has 15 N–H and O–H groups in total. The molecule has 2 unspecified atom stereocenters. The average molecular weight is 981 g/mol. The number of hydrogen-bond donors (Lipinski definition) is 13. The van der Waals surface area contributed by atoms with E-state index in [1.165, 1.54) is 26.0 Å². The second-order valence-electron chi connectivity index (χ2n) is 17.8. The number of benzene rings is 3. The molecule has 5 rings (SSSR count). The van der Waals surface area contributed by atoms with Crippen molar-refractivity contribution in [2.75, 3.05) is 13.2 Å². The number of amides is 7. The fourth-order valence-electron chi connectivity index (χ4n) is 8.06. The number of aromatic nitrogens is 1. The lowest BCUT2D eigenvalue weighted by Crippen LogP contribution is -2.62. The summed E-state index contributed by atoms with van der Waals surface area (Å²) in [6.07, 6.45) is 2.26. The second kappa shape index (κ2) is 27.4. The van der Waals surface area contributed by atoms with Crippen molar-refractivity contribution in [2.24, 2.45) is 11.5 Å². The number of aliphatic hydroxyl groups is 3. The maximum atomic E-state index is 14.7. The molecule has 1 aliphatic heterocycles. The van der Waals surface area contributed by atoms with E-state index < -0.39 is 108 Å². The van der Waals surface area contributed by atoms with E-state index in [0.29, 0.717) is 24.0 Å². The van der Waals surface area contributed by atoms with Crippen molar-refractivity contribution in [3.63, 3.8) is 0 Å². The first kappa shape index (κ1) is 55.0. The molecule has 7 amide bonds. The molecule has 0 radical (unpaired) electrons. The molecule has 71 heavy (non-hydrogen) atoms. The van der Waals surface area contributed by atoms with Gasteiger partial charge in [0.1, 0.15) is 36.3 Å². The van der Waals surface area contributed by atoms with Crippen LogP contribution in [0.15, 0.2) is 103 Å². The highest BCUT2D eigenvalue weighted by Gasteiger charge is 2.36. The number of rotatable bonds is 17. The van der Waals surface area contributed by atoms with E-state index in [9.17, 15) is 48.9 Å². The van der Waals surface area contributed by atoms with Crippen LogP contribution in [0.5, 0.6) is 0 Å². The van der Waals surface area contributed by atoms with Gasteiger partial charge in [0.25, 0.3) is 0 Å². The Hall–Kier alpha value is -6.97.